The number of nitrogens with zero attached hydrogens (tertiary/aromatic N) is 3. The fourth-order valence-electron chi connectivity index (χ4n) is 2.65. The Balaban J connectivity index is 1.90. The first-order valence-electron chi connectivity index (χ1n) is 8.43. The molecular weight excluding hydrogens is 334 g/mol. The number of hydrogen-bond donors (Lipinski definition) is 1. The fourth-order valence-corrected chi connectivity index (χ4v) is 2.65. The number of aromatic hydroxyl groups is 1. The molecule has 0 aliphatic rings. The quantitative estimate of drug-likeness (QED) is 0.494. The van der Waals surface area contributed by atoms with E-state index >= 15 is 0 Å². The van der Waals surface area contributed by atoms with E-state index in [0.29, 0.717) is 22.7 Å². The zero-order chi connectivity index (χ0) is 18.6. The highest BCUT2D eigenvalue weighted by molar-refractivity contribution is 5.56. The van der Waals surface area contributed by atoms with Gasteiger partial charge in [-0.25, -0.2) is 9.97 Å². The van der Waals surface area contributed by atoms with Crippen molar-refractivity contribution in [3.63, 3.8) is 0 Å². The van der Waals surface area contributed by atoms with Crippen LogP contribution < -0.4 is 0 Å². The Morgan fingerprint density at radius 2 is 1.41 bits per heavy atom. The number of hydrogen-bond acceptors (Lipinski definition) is 3. The van der Waals surface area contributed by atoms with Gasteiger partial charge in [-0.1, -0.05) is 48.2 Å². The normalized spacial score (nSPS) is 9.96. The number of benzene rings is 2. The summed E-state index contributed by atoms with van der Waals surface area (Å²) in [5.41, 5.74) is 3.81. The predicted molar refractivity (Wildman–Crippen MR) is 104 cm³/mol. The average Bonchev–Trinajstić information content (AvgIpc) is 3.01. The smallest absolute Gasteiger partial charge is 0.220 e. The molecule has 27 heavy (non-hydrogen) atoms. The third-order valence-electron chi connectivity index (χ3n) is 4.00. The Hall–Kier alpha value is -4.02. The Kier molecular flexibility index (Phi) is 4.31. The maximum Gasteiger partial charge on any atom is 0.220 e. The lowest BCUT2D eigenvalue weighted by Gasteiger charge is -2.02. The maximum atomic E-state index is 10.4. The van der Waals surface area contributed by atoms with Gasteiger partial charge >= 0.3 is 0 Å². The second-order valence-electron chi connectivity index (χ2n) is 5.90. The highest BCUT2D eigenvalue weighted by Gasteiger charge is 2.13. The summed E-state index contributed by atoms with van der Waals surface area (Å²) >= 11 is 0. The third-order valence-corrected chi connectivity index (χ3v) is 4.00. The molecule has 2 aromatic heterocycles. The van der Waals surface area contributed by atoms with Gasteiger partial charge in [-0.2, -0.15) is 0 Å². The van der Waals surface area contributed by atoms with Crippen LogP contribution in [0.1, 0.15) is 28.2 Å². The summed E-state index contributed by atoms with van der Waals surface area (Å²) in [7, 11) is 0. The van der Waals surface area contributed by atoms with E-state index in [1.54, 1.807) is 17.5 Å². The zero-order valence-electron chi connectivity index (χ0n) is 14.6. The molecule has 4 nitrogen and oxygen atoms in total. The van der Waals surface area contributed by atoms with Gasteiger partial charge in [-0.3, -0.25) is 4.40 Å². The monoisotopic (exact) mass is 349 g/mol. The Morgan fingerprint density at radius 3 is 2.04 bits per heavy atom. The van der Waals surface area contributed by atoms with Crippen LogP contribution in [0.5, 0.6) is 5.88 Å². The van der Waals surface area contributed by atoms with Crippen molar-refractivity contribution in [2.45, 2.75) is 6.92 Å². The third kappa shape index (κ3) is 3.38. The number of aromatic nitrogens is 3. The van der Waals surface area contributed by atoms with E-state index in [1.165, 1.54) is 0 Å². The fraction of sp³-hybridized carbons (Fsp3) is 0.0435. The number of rotatable bonds is 0. The summed E-state index contributed by atoms with van der Waals surface area (Å²) in [5.74, 6) is 12.4. The molecular formula is C23H15N3O. The van der Waals surface area contributed by atoms with Crippen LogP contribution in [0.4, 0.5) is 0 Å². The molecule has 0 spiro atoms. The topological polar surface area (TPSA) is 50.4 Å². The first-order chi connectivity index (χ1) is 13.2. The summed E-state index contributed by atoms with van der Waals surface area (Å²) in [6.07, 6.45) is 1.59. The van der Waals surface area contributed by atoms with E-state index in [-0.39, 0.29) is 5.88 Å². The van der Waals surface area contributed by atoms with Crippen molar-refractivity contribution in [2.24, 2.45) is 0 Å². The van der Waals surface area contributed by atoms with Crippen molar-refractivity contribution < 1.29 is 5.11 Å². The van der Waals surface area contributed by atoms with Crippen LogP contribution >= 0.6 is 0 Å². The van der Waals surface area contributed by atoms with Gasteiger partial charge in [0.15, 0.2) is 5.65 Å². The Labute approximate surface area is 157 Å². The Morgan fingerprint density at radius 1 is 0.815 bits per heavy atom. The van der Waals surface area contributed by atoms with E-state index in [0.717, 1.165) is 11.1 Å². The standard InChI is InChI=1S/C23H15N3O/c1-17-23(27)26-21(15-13-19-10-6-3-7-11-19)20(24-16-22(26)25-17)14-12-18-8-4-2-5-9-18/h2-11,16,27H,1H3. The molecule has 0 saturated carbocycles. The molecule has 0 aliphatic heterocycles. The molecule has 0 aliphatic carbocycles. The van der Waals surface area contributed by atoms with Crippen molar-refractivity contribution >= 4 is 5.65 Å². The second-order valence-corrected chi connectivity index (χ2v) is 5.90. The molecule has 0 amide bonds. The molecule has 128 valence electrons. The highest BCUT2D eigenvalue weighted by Crippen LogP contribution is 2.21. The van der Waals surface area contributed by atoms with Crippen molar-refractivity contribution in [3.05, 3.63) is 95.1 Å². The van der Waals surface area contributed by atoms with Gasteiger partial charge in [0.2, 0.25) is 5.88 Å². The number of aryl methyl sites for hydroxylation is 1. The molecule has 0 unspecified atom stereocenters. The van der Waals surface area contributed by atoms with Crippen molar-refractivity contribution in [1.29, 1.82) is 0 Å². The molecule has 0 radical (unpaired) electrons. The summed E-state index contributed by atoms with van der Waals surface area (Å²) in [5, 5.41) is 10.4. The van der Waals surface area contributed by atoms with E-state index in [9.17, 15) is 5.11 Å². The van der Waals surface area contributed by atoms with Crippen LogP contribution in [-0.2, 0) is 0 Å². The molecule has 4 aromatic rings. The van der Waals surface area contributed by atoms with Crippen LogP contribution in [0.2, 0.25) is 0 Å². The molecule has 4 heteroatoms. The van der Waals surface area contributed by atoms with Gasteiger partial charge in [0.25, 0.3) is 0 Å². The molecule has 0 bridgehead atoms. The number of fused-ring (bicyclic) bond motifs is 1. The SMILES string of the molecule is Cc1nc2cnc(C#Cc3ccccc3)c(C#Cc3ccccc3)n2c1O. The molecule has 2 heterocycles. The predicted octanol–water partition coefficient (Wildman–Crippen LogP) is 3.54. The van der Waals surface area contributed by atoms with Gasteiger partial charge in [0.1, 0.15) is 17.1 Å². The molecule has 4 rings (SSSR count). The summed E-state index contributed by atoms with van der Waals surface area (Å²) in [6, 6.07) is 19.3. The van der Waals surface area contributed by atoms with Crippen molar-refractivity contribution in [2.75, 3.05) is 0 Å². The lowest BCUT2D eigenvalue weighted by molar-refractivity contribution is 0.443. The largest absolute Gasteiger partial charge is 0.493 e. The van der Waals surface area contributed by atoms with Crippen LogP contribution in [0.25, 0.3) is 5.65 Å². The number of imidazole rings is 1. The minimum atomic E-state index is 0.0486. The van der Waals surface area contributed by atoms with Gasteiger partial charge < -0.3 is 5.11 Å². The maximum absolute atomic E-state index is 10.4. The summed E-state index contributed by atoms with van der Waals surface area (Å²) < 4.78 is 1.59. The molecule has 0 atom stereocenters. The summed E-state index contributed by atoms with van der Waals surface area (Å²) in [4.78, 5) is 8.74. The molecule has 2 aromatic carbocycles. The second kappa shape index (κ2) is 7.07. The van der Waals surface area contributed by atoms with Gasteiger partial charge in [-0.15, -0.1) is 0 Å². The minimum Gasteiger partial charge on any atom is -0.493 e. The van der Waals surface area contributed by atoms with E-state index in [1.807, 2.05) is 60.7 Å². The molecule has 1 N–H and O–H groups in total. The Bertz CT molecular complexity index is 1230. The first-order valence-corrected chi connectivity index (χ1v) is 8.43. The van der Waals surface area contributed by atoms with E-state index < -0.39 is 0 Å². The van der Waals surface area contributed by atoms with Gasteiger partial charge in [0.05, 0.1) is 6.20 Å². The highest BCUT2D eigenvalue weighted by atomic mass is 16.3. The van der Waals surface area contributed by atoms with Crippen LogP contribution in [0, 0.1) is 30.6 Å². The van der Waals surface area contributed by atoms with Gasteiger partial charge in [-0.05, 0) is 43.0 Å². The zero-order valence-corrected chi connectivity index (χ0v) is 14.6. The molecule has 0 fully saturated rings. The lowest BCUT2D eigenvalue weighted by Crippen LogP contribution is -2.00. The minimum absolute atomic E-state index is 0.0486. The average molecular weight is 349 g/mol. The lowest BCUT2D eigenvalue weighted by atomic mass is 10.2. The van der Waals surface area contributed by atoms with Crippen molar-refractivity contribution in [3.8, 4) is 29.6 Å². The molecule has 0 saturated heterocycles. The van der Waals surface area contributed by atoms with Crippen LogP contribution in [0.3, 0.4) is 0 Å². The van der Waals surface area contributed by atoms with Gasteiger partial charge in [0, 0.05) is 11.1 Å². The van der Waals surface area contributed by atoms with Crippen molar-refractivity contribution in [1.82, 2.24) is 14.4 Å². The summed E-state index contributed by atoms with van der Waals surface area (Å²) in [6.45, 7) is 1.74. The van der Waals surface area contributed by atoms with E-state index in [4.69, 9.17) is 0 Å². The van der Waals surface area contributed by atoms with Crippen LogP contribution in [0.15, 0.2) is 66.9 Å². The van der Waals surface area contributed by atoms with E-state index in [2.05, 4.69) is 33.6 Å². The first kappa shape index (κ1) is 16.4. The van der Waals surface area contributed by atoms with Crippen LogP contribution in [-0.4, -0.2) is 19.5 Å².